The van der Waals surface area contributed by atoms with Crippen LogP contribution in [0.3, 0.4) is 0 Å². The Morgan fingerprint density at radius 1 is 1.13 bits per heavy atom. The zero-order chi connectivity index (χ0) is 26.8. The first-order chi connectivity index (χ1) is 19.1. The van der Waals surface area contributed by atoms with E-state index in [-0.39, 0.29) is 18.2 Å². The van der Waals surface area contributed by atoms with Gasteiger partial charge < -0.3 is 23.6 Å². The quantitative estimate of drug-likeness (QED) is 0.288. The van der Waals surface area contributed by atoms with E-state index in [4.69, 9.17) is 18.6 Å². The zero-order valence-corrected chi connectivity index (χ0v) is 21.0. The van der Waals surface area contributed by atoms with E-state index in [9.17, 15) is 9.18 Å². The molecule has 4 heterocycles. The fraction of sp³-hybridized carbons (Fsp3) is 0.259. The van der Waals surface area contributed by atoms with E-state index in [1.807, 2.05) is 23.1 Å². The second-order valence-electron chi connectivity index (χ2n) is 9.11. The van der Waals surface area contributed by atoms with Gasteiger partial charge in [-0.2, -0.15) is 0 Å². The average molecular weight is 533 g/mol. The van der Waals surface area contributed by atoms with Crippen molar-refractivity contribution in [2.45, 2.75) is 25.7 Å². The predicted molar refractivity (Wildman–Crippen MR) is 137 cm³/mol. The first-order valence-electron chi connectivity index (χ1n) is 12.3. The number of halogens is 1. The number of tetrazole rings is 1. The van der Waals surface area contributed by atoms with Crippen molar-refractivity contribution in [1.29, 1.82) is 0 Å². The van der Waals surface area contributed by atoms with Gasteiger partial charge in [-0.15, -0.1) is 5.10 Å². The molecule has 0 amide bonds. The maximum atomic E-state index is 13.7. The lowest BCUT2D eigenvalue weighted by Crippen LogP contribution is -2.35. The largest absolute Gasteiger partial charge is 0.468 e. The summed E-state index contributed by atoms with van der Waals surface area (Å²) in [6.07, 6.45) is 1.59. The molecule has 39 heavy (non-hydrogen) atoms. The van der Waals surface area contributed by atoms with Crippen molar-refractivity contribution in [3.8, 4) is 11.5 Å². The lowest BCUT2D eigenvalue weighted by molar-refractivity contribution is 0.163. The lowest BCUT2D eigenvalue weighted by Gasteiger charge is -2.30. The smallest absolute Gasteiger partial charge is 0.253 e. The number of nitrogens with one attached hydrogen (secondary N) is 1. The van der Waals surface area contributed by atoms with Crippen molar-refractivity contribution in [3.63, 3.8) is 0 Å². The van der Waals surface area contributed by atoms with Crippen LogP contribution in [-0.2, 0) is 24.4 Å². The van der Waals surface area contributed by atoms with Crippen LogP contribution in [0.2, 0.25) is 0 Å². The number of H-pyrrole nitrogens is 1. The molecule has 5 aromatic rings. The van der Waals surface area contributed by atoms with E-state index in [1.165, 1.54) is 12.1 Å². The highest BCUT2D eigenvalue weighted by molar-refractivity contribution is 5.83. The number of methoxy groups -OCH3 is 1. The Balaban J connectivity index is 1.51. The monoisotopic (exact) mass is 532 g/mol. The Bertz CT molecular complexity index is 1630. The molecule has 1 aliphatic rings. The van der Waals surface area contributed by atoms with E-state index < -0.39 is 6.04 Å². The van der Waals surface area contributed by atoms with Crippen molar-refractivity contribution in [1.82, 2.24) is 30.1 Å². The Morgan fingerprint density at radius 3 is 2.72 bits per heavy atom. The van der Waals surface area contributed by atoms with Crippen LogP contribution in [0.1, 0.15) is 28.8 Å². The summed E-state index contributed by atoms with van der Waals surface area (Å²) >= 11 is 0. The minimum Gasteiger partial charge on any atom is -0.468 e. The highest BCUT2D eigenvalue weighted by Crippen LogP contribution is 2.37. The molecule has 0 bridgehead atoms. The molecule has 1 atom stereocenters. The molecular formula is C27H25FN6O5. The highest BCUT2D eigenvalue weighted by Gasteiger charge is 2.32. The molecule has 3 aromatic heterocycles. The van der Waals surface area contributed by atoms with Gasteiger partial charge in [-0.25, -0.2) is 9.07 Å². The standard InChI is InChI=1S/C27H25FN6O5/c1-36-10-8-34-26(30-31-32-34)25(21-11-18-12-23-24(39-16-38-23)13-22(18)29-27(21)35)33(15-20-3-2-9-37-20)14-17-4-6-19(28)7-5-17/h2-7,9,11-13,25H,8,10,14-16H2,1H3,(H,29,35)/t25-/m1/s1. The van der Waals surface area contributed by atoms with Gasteiger partial charge in [0.2, 0.25) is 6.79 Å². The van der Waals surface area contributed by atoms with Crippen molar-refractivity contribution in [3.05, 3.63) is 99.7 Å². The van der Waals surface area contributed by atoms with Gasteiger partial charge in [-0.1, -0.05) is 12.1 Å². The van der Waals surface area contributed by atoms with Crippen molar-refractivity contribution < 1.29 is 23.0 Å². The maximum Gasteiger partial charge on any atom is 0.253 e. The summed E-state index contributed by atoms with van der Waals surface area (Å²) in [6, 6.07) is 14.6. The number of fused-ring (bicyclic) bond motifs is 2. The summed E-state index contributed by atoms with van der Waals surface area (Å²) in [5.41, 5.74) is 1.56. The summed E-state index contributed by atoms with van der Waals surface area (Å²) in [5, 5.41) is 13.2. The van der Waals surface area contributed by atoms with Crippen LogP contribution < -0.4 is 15.0 Å². The first-order valence-corrected chi connectivity index (χ1v) is 12.3. The van der Waals surface area contributed by atoms with Crippen LogP contribution in [0.25, 0.3) is 10.9 Å². The molecule has 0 saturated heterocycles. The fourth-order valence-corrected chi connectivity index (χ4v) is 4.73. The second-order valence-corrected chi connectivity index (χ2v) is 9.11. The number of pyridine rings is 1. The number of aromatic amines is 1. The SMILES string of the molecule is COCCn1nnnc1[C@@H](c1cc2cc3c(cc2[nH]c1=O)OCO3)N(Cc1ccc(F)cc1)Cc1ccco1. The Hall–Kier alpha value is -4.55. The fourth-order valence-electron chi connectivity index (χ4n) is 4.73. The number of benzene rings is 2. The Labute approximate surface area is 221 Å². The van der Waals surface area contributed by atoms with Gasteiger partial charge in [0.05, 0.1) is 31.5 Å². The molecule has 1 N–H and O–H groups in total. The van der Waals surface area contributed by atoms with Gasteiger partial charge in [0.25, 0.3) is 5.56 Å². The molecule has 11 nitrogen and oxygen atoms in total. The zero-order valence-electron chi connectivity index (χ0n) is 21.0. The van der Waals surface area contributed by atoms with E-state index in [0.717, 1.165) is 10.9 Å². The molecule has 0 fully saturated rings. The minimum absolute atomic E-state index is 0.119. The van der Waals surface area contributed by atoms with Gasteiger partial charge in [-0.05, 0) is 52.4 Å². The molecule has 6 rings (SSSR count). The maximum absolute atomic E-state index is 13.7. The van der Waals surface area contributed by atoms with Crippen molar-refractivity contribution >= 4 is 10.9 Å². The third-order valence-electron chi connectivity index (χ3n) is 6.58. The number of rotatable bonds is 10. The summed E-state index contributed by atoms with van der Waals surface area (Å²) in [5.74, 6) is 1.97. The van der Waals surface area contributed by atoms with Gasteiger partial charge in [0.1, 0.15) is 17.6 Å². The van der Waals surface area contributed by atoms with E-state index in [0.29, 0.717) is 60.4 Å². The molecule has 1 aliphatic heterocycles. The van der Waals surface area contributed by atoms with E-state index in [2.05, 4.69) is 20.5 Å². The normalized spacial score (nSPS) is 13.4. The Morgan fingerprint density at radius 2 is 1.95 bits per heavy atom. The molecule has 12 heteroatoms. The summed E-state index contributed by atoms with van der Waals surface area (Å²) in [6.45, 7) is 1.55. The summed E-state index contributed by atoms with van der Waals surface area (Å²) in [4.78, 5) is 18.7. The first kappa shape index (κ1) is 24.8. The molecule has 0 aliphatic carbocycles. The average Bonchev–Trinajstić information content (AvgIpc) is 3.71. The van der Waals surface area contributed by atoms with Crippen molar-refractivity contribution in [2.75, 3.05) is 20.5 Å². The van der Waals surface area contributed by atoms with E-state index in [1.54, 1.807) is 42.3 Å². The second kappa shape index (κ2) is 10.7. The van der Waals surface area contributed by atoms with Crippen LogP contribution in [0, 0.1) is 5.82 Å². The van der Waals surface area contributed by atoms with E-state index >= 15 is 0 Å². The third kappa shape index (κ3) is 5.11. The molecule has 0 saturated carbocycles. The third-order valence-corrected chi connectivity index (χ3v) is 6.58. The van der Waals surface area contributed by atoms with Crippen LogP contribution >= 0.6 is 0 Å². The number of hydrogen-bond donors (Lipinski definition) is 1. The van der Waals surface area contributed by atoms with Crippen LogP contribution in [0.4, 0.5) is 4.39 Å². The molecule has 2 aromatic carbocycles. The molecule has 0 unspecified atom stereocenters. The van der Waals surface area contributed by atoms with Gasteiger partial charge >= 0.3 is 0 Å². The minimum atomic E-state index is -0.703. The highest BCUT2D eigenvalue weighted by atomic mass is 19.1. The van der Waals surface area contributed by atoms with Gasteiger partial charge in [-0.3, -0.25) is 9.69 Å². The molecule has 200 valence electrons. The van der Waals surface area contributed by atoms with Crippen molar-refractivity contribution in [2.24, 2.45) is 0 Å². The number of furan rings is 1. The van der Waals surface area contributed by atoms with Gasteiger partial charge in [0, 0.05) is 30.7 Å². The number of hydrogen-bond acceptors (Lipinski definition) is 9. The number of nitrogens with zero attached hydrogens (tertiary/aromatic N) is 5. The Kier molecular flexibility index (Phi) is 6.78. The topological polar surface area (TPSA) is 121 Å². The predicted octanol–water partition coefficient (Wildman–Crippen LogP) is 3.41. The summed E-state index contributed by atoms with van der Waals surface area (Å²) < 4.78 is 37.3. The lowest BCUT2D eigenvalue weighted by atomic mass is 10.0. The molecule has 0 spiro atoms. The number of aromatic nitrogens is 5. The van der Waals surface area contributed by atoms with Gasteiger partial charge in [0.15, 0.2) is 17.3 Å². The van der Waals surface area contributed by atoms with Crippen LogP contribution in [-0.4, -0.2) is 50.6 Å². The van der Waals surface area contributed by atoms with Crippen LogP contribution in [0.15, 0.2) is 70.1 Å². The van der Waals surface area contributed by atoms with Crippen LogP contribution in [0.5, 0.6) is 11.5 Å². The molecular weight excluding hydrogens is 507 g/mol. The summed E-state index contributed by atoms with van der Waals surface area (Å²) in [7, 11) is 1.59. The molecule has 0 radical (unpaired) electrons. The number of ether oxygens (including phenoxy) is 3.